The normalized spacial score (nSPS) is 8.00. The van der Waals surface area contributed by atoms with Crippen LogP contribution in [-0.2, 0) is 0 Å². The van der Waals surface area contributed by atoms with Gasteiger partial charge in [-0.25, -0.2) is 4.98 Å². The predicted octanol–water partition coefficient (Wildman–Crippen LogP) is 1.72. The van der Waals surface area contributed by atoms with Crippen LogP contribution in [0, 0.1) is 10.1 Å². The minimum Gasteiger partial charge on any atom is -0.383 e. The van der Waals surface area contributed by atoms with Crippen molar-refractivity contribution < 1.29 is 9.72 Å². The molecule has 7 nitrogen and oxygen atoms in total. The molecule has 0 bridgehead atoms. The summed E-state index contributed by atoms with van der Waals surface area (Å²) in [6.45, 7) is 8.00. The molecule has 1 heterocycles. The van der Waals surface area contributed by atoms with Gasteiger partial charge in [0.25, 0.3) is 11.6 Å². The van der Waals surface area contributed by atoms with Gasteiger partial charge in [-0.05, 0) is 0 Å². The van der Waals surface area contributed by atoms with E-state index in [0.29, 0.717) is 0 Å². The fourth-order valence-corrected chi connectivity index (χ4v) is 0.762. The Morgan fingerprint density at radius 2 is 1.82 bits per heavy atom. The van der Waals surface area contributed by atoms with Crippen LogP contribution in [0.5, 0.6) is 0 Å². The number of carbonyl (C=O) groups excluding carboxylic acids is 1. The highest BCUT2D eigenvalue weighted by atomic mass is 16.6. The number of anilines is 1. The zero-order valence-electron chi connectivity index (χ0n) is 10.4. The van der Waals surface area contributed by atoms with E-state index in [1.807, 2.05) is 27.7 Å². The Balaban J connectivity index is 0. The van der Waals surface area contributed by atoms with Crippen molar-refractivity contribution in [1.29, 1.82) is 0 Å². The molecular formula is C10H18N4O3. The Hall–Kier alpha value is -2.18. The third-order valence-corrected chi connectivity index (χ3v) is 1.38. The van der Waals surface area contributed by atoms with E-state index in [9.17, 15) is 14.9 Å². The lowest BCUT2D eigenvalue weighted by Crippen LogP contribution is -2.14. The largest absolute Gasteiger partial charge is 0.383 e. The number of hydrogen-bond acceptors (Lipinski definition) is 5. The van der Waals surface area contributed by atoms with Crippen LogP contribution < -0.4 is 11.5 Å². The lowest BCUT2D eigenvalue weighted by molar-refractivity contribution is -0.385. The molecule has 0 saturated heterocycles. The fraction of sp³-hybridized carbons (Fsp3) is 0.400. The van der Waals surface area contributed by atoms with Crippen molar-refractivity contribution in [2.75, 3.05) is 5.73 Å². The van der Waals surface area contributed by atoms with Crippen LogP contribution in [-0.4, -0.2) is 15.8 Å². The molecule has 0 spiro atoms. The maximum Gasteiger partial charge on any atom is 0.288 e. The monoisotopic (exact) mass is 242 g/mol. The second kappa shape index (κ2) is 9.08. The number of aromatic nitrogens is 1. The van der Waals surface area contributed by atoms with Crippen molar-refractivity contribution >= 4 is 17.4 Å². The molecule has 0 radical (unpaired) electrons. The summed E-state index contributed by atoms with van der Waals surface area (Å²) in [5, 5.41) is 10.3. The van der Waals surface area contributed by atoms with Crippen LogP contribution in [0.1, 0.15) is 38.1 Å². The summed E-state index contributed by atoms with van der Waals surface area (Å²) >= 11 is 0. The highest BCUT2D eigenvalue weighted by molar-refractivity contribution is 5.97. The van der Waals surface area contributed by atoms with E-state index >= 15 is 0 Å². The van der Waals surface area contributed by atoms with Crippen molar-refractivity contribution in [3.8, 4) is 0 Å². The van der Waals surface area contributed by atoms with Crippen molar-refractivity contribution in [3.05, 3.63) is 27.9 Å². The molecule has 1 rings (SSSR count). The van der Waals surface area contributed by atoms with Gasteiger partial charge < -0.3 is 11.5 Å². The van der Waals surface area contributed by atoms with Crippen LogP contribution in [0.25, 0.3) is 0 Å². The minimum atomic E-state index is -0.839. The van der Waals surface area contributed by atoms with Gasteiger partial charge in [-0.15, -0.1) is 0 Å². The van der Waals surface area contributed by atoms with Gasteiger partial charge in [-0.3, -0.25) is 14.9 Å². The van der Waals surface area contributed by atoms with Crippen LogP contribution >= 0.6 is 0 Å². The number of primary amides is 1. The molecule has 0 fully saturated rings. The SMILES string of the molecule is CC.CC.NC(=O)c1cc([N+](=O)[O-])cnc1N. The van der Waals surface area contributed by atoms with Gasteiger partial charge in [-0.1, -0.05) is 27.7 Å². The van der Waals surface area contributed by atoms with Crippen molar-refractivity contribution in [2.24, 2.45) is 5.73 Å². The fourth-order valence-electron chi connectivity index (χ4n) is 0.762. The Morgan fingerprint density at radius 1 is 1.35 bits per heavy atom. The quantitative estimate of drug-likeness (QED) is 0.603. The molecule has 0 aliphatic rings. The number of carbonyl (C=O) groups is 1. The lowest BCUT2D eigenvalue weighted by Gasteiger charge is -1.98. The maximum atomic E-state index is 10.7. The zero-order chi connectivity index (χ0) is 14.0. The molecule has 96 valence electrons. The highest BCUT2D eigenvalue weighted by Crippen LogP contribution is 2.15. The number of nitro groups is 1. The summed E-state index contributed by atoms with van der Waals surface area (Å²) in [7, 11) is 0. The Kier molecular flexibility index (Phi) is 9.19. The molecule has 0 aromatic carbocycles. The molecule has 0 aliphatic heterocycles. The summed E-state index contributed by atoms with van der Waals surface area (Å²) in [6, 6.07) is 0.991. The van der Waals surface area contributed by atoms with Crippen molar-refractivity contribution in [1.82, 2.24) is 4.98 Å². The standard InChI is InChI=1S/C6H6N4O3.2C2H6/c7-5-4(6(8)11)1-3(2-9-5)10(12)13;2*1-2/h1-2H,(H2,7,9)(H2,8,11);2*1-2H3. The zero-order valence-corrected chi connectivity index (χ0v) is 10.4. The van der Waals surface area contributed by atoms with E-state index in [-0.39, 0.29) is 17.1 Å². The number of nitrogen functional groups attached to an aromatic ring is 1. The van der Waals surface area contributed by atoms with Crippen LogP contribution in [0.15, 0.2) is 12.3 Å². The second-order valence-electron chi connectivity index (χ2n) is 2.25. The number of amides is 1. The molecule has 7 heteroatoms. The highest BCUT2D eigenvalue weighted by Gasteiger charge is 2.13. The summed E-state index contributed by atoms with van der Waals surface area (Å²) in [4.78, 5) is 23.7. The van der Waals surface area contributed by atoms with Gasteiger partial charge in [0, 0.05) is 6.07 Å². The van der Waals surface area contributed by atoms with Gasteiger partial charge in [0.15, 0.2) is 0 Å². The first-order valence-corrected chi connectivity index (χ1v) is 5.22. The molecule has 4 N–H and O–H groups in total. The molecule has 0 unspecified atom stereocenters. The predicted molar refractivity (Wildman–Crippen MR) is 66.5 cm³/mol. The molecule has 1 amide bonds. The van der Waals surface area contributed by atoms with Crippen LogP contribution in [0.2, 0.25) is 0 Å². The van der Waals surface area contributed by atoms with Gasteiger partial charge in [-0.2, -0.15) is 0 Å². The molecule has 0 aliphatic carbocycles. The minimum absolute atomic E-state index is 0.113. The van der Waals surface area contributed by atoms with E-state index in [1.165, 1.54) is 0 Å². The Bertz CT molecular complexity index is 380. The maximum absolute atomic E-state index is 10.7. The van der Waals surface area contributed by atoms with E-state index < -0.39 is 10.8 Å². The van der Waals surface area contributed by atoms with E-state index in [1.54, 1.807) is 0 Å². The van der Waals surface area contributed by atoms with Gasteiger partial charge in [0.05, 0.1) is 10.5 Å². The first-order valence-electron chi connectivity index (χ1n) is 5.22. The first-order chi connectivity index (χ1) is 8.02. The Morgan fingerprint density at radius 3 is 2.18 bits per heavy atom. The molecule has 1 aromatic rings. The van der Waals surface area contributed by atoms with E-state index in [0.717, 1.165) is 12.3 Å². The van der Waals surface area contributed by atoms with Gasteiger partial charge in [0.2, 0.25) is 0 Å². The van der Waals surface area contributed by atoms with Crippen LogP contribution in [0.3, 0.4) is 0 Å². The summed E-state index contributed by atoms with van der Waals surface area (Å²) in [6.07, 6.45) is 0.960. The molecular weight excluding hydrogens is 224 g/mol. The number of nitrogens with two attached hydrogens (primary N) is 2. The topological polar surface area (TPSA) is 125 Å². The van der Waals surface area contributed by atoms with E-state index in [4.69, 9.17) is 11.5 Å². The number of hydrogen-bond donors (Lipinski definition) is 2. The van der Waals surface area contributed by atoms with Crippen molar-refractivity contribution in [2.45, 2.75) is 27.7 Å². The third-order valence-electron chi connectivity index (χ3n) is 1.38. The average molecular weight is 242 g/mol. The summed E-state index contributed by atoms with van der Waals surface area (Å²) in [5.41, 5.74) is 9.70. The second-order valence-corrected chi connectivity index (χ2v) is 2.25. The smallest absolute Gasteiger partial charge is 0.288 e. The Labute approximate surface area is 100.0 Å². The average Bonchev–Trinajstić information content (AvgIpc) is 2.34. The third kappa shape index (κ3) is 5.45. The summed E-state index contributed by atoms with van der Waals surface area (Å²) < 4.78 is 0. The molecule has 1 aromatic heterocycles. The number of rotatable bonds is 2. The first kappa shape index (κ1) is 17.2. The number of nitrogens with zero attached hydrogens (tertiary/aromatic N) is 2. The molecule has 0 atom stereocenters. The van der Waals surface area contributed by atoms with Crippen molar-refractivity contribution in [3.63, 3.8) is 0 Å². The molecule has 0 saturated carbocycles. The summed E-state index contributed by atoms with van der Waals surface area (Å²) in [5.74, 6) is -0.952. The molecule has 17 heavy (non-hydrogen) atoms. The number of pyridine rings is 1. The van der Waals surface area contributed by atoms with Crippen LogP contribution in [0.4, 0.5) is 11.5 Å². The van der Waals surface area contributed by atoms with Gasteiger partial charge >= 0.3 is 0 Å². The van der Waals surface area contributed by atoms with Gasteiger partial charge in [0.1, 0.15) is 12.0 Å². The lowest BCUT2D eigenvalue weighted by atomic mass is 10.2. The van der Waals surface area contributed by atoms with E-state index in [2.05, 4.69) is 4.98 Å².